The van der Waals surface area contributed by atoms with Crippen molar-refractivity contribution in [3.63, 3.8) is 0 Å². The summed E-state index contributed by atoms with van der Waals surface area (Å²) in [5, 5.41) is 10.6. The molecule has 2 heterocycles. The number of carbonyl (C=O) groups excluding carboxylic acids is 1. The van der Waals surface area contributed by atoms with Crippen molar-refractivity contribution >= 4 is 17.5 Å². The van der Waals surface area contributed by atoms with Gasteiger partial charge in [-0.15, -0.1) is 11.6 Å². The Hall–Kier alpha value is -0.400. The Kier molecular flexibility index (Phi) is 10.3. The molecule has 2 saturated heterocycles. The number of methoxy groups -OCH3 is 1. The van der Waals surface area contributed by atoms with Crippen LogP contribution in [0.4, 0.5) is 0 Å². The van der Waals surface area contributed by atoms with Crippen molar-refractivity contribution in [2.24, 2.45) is 23.2 Å². The van der Waals surface area contributed by atoms with Gasteiger partial charge in [0.25, 0.3) is 0 Å². The van der Waals surface area contributed by atoms with Gasteiger partial charge in [-0.3, -0.25) is 15.4 Å². The maximum absolute atomic E-state index is 13.1. The Labute approximate surface area is 207 Å². The van der Waals surface area contributed by atoms with Gasteiger partial charge < -0.3 is 15.0 Å². The van der Waals surface area contributed by atoms with E-state index in [9.17, 15) is 4.79 Å². The lowest BCUT2D eigenvalue weighted by Gasteiger charge is -2.49. The summed E-state index contributed by atoms with van der Waals surface area (Å²) in [7, 11) is 1.68. The quantitative estimate of drug-likeness (QED) is 0.342. The monoisotopic (exact) mass is 484 g/mol. The number of ether oxygens (including phenoxy) is 1. The molecule has 33 heavy (non-hydrogen) atoms. The van der Waals surface area contributed by atoms with Crippen LogP contribution >= 0.6 is 11.6 Å². The lowest BCUT2D eigenvalue weighted by Crippen LogP contribution is -2.59. The molecule has 0 radical (unpaired) electrons. The Morgan fingerprint density at radius 2 is 1.88 bits per heavy atom. The fraction of sp³-hybridized carbons (Fsp3) is 0.962. The van der Waals surface area contributed by atoms with Crippen molar-refractivity contribution < 1.29 is 9.53 Å². The van der Waals surface area contributed by atoms with Crippen LogP contribution in [0.2, 0.25) is 0 Å². The molecule has 3 aliphatic rings. The second kappa shape index (κ2) is 12.5. The van der Waals surface area contributed by atoms with Crippen molar-refractivity contribution in [3.05, 3.63) is 0 Å². The highest BCUT2D eigenvalue weighted by Gasteiger charge is 2.41. The van der Waals surface area contributed by atoms with Crippen LogP contribution in [-0.2, 0) is 9.53 Å². The van der Waals surface area contributed by atoms with Crippen molar-refractivity contribution in [2.75, 3.05) is 33.5 Å². The predicted octanol–water partition coefficient (Wildman–Crippen LogP) is 3.93. The van der Waals surface area contributed by atoms with Crippen LogP contribution < -0.4 is 16.0 Å². The molecule has 0 bridgehead atoms. The lowest BCUT2D eigenvalue weighted by molar-refractivity contribution is -0.125. The molecule has 3 unspecified atom stereocenters. The van der Waals surface area contributed by atoms with Crippen molar-refractivity contribution in [1.82, 2.24) is 20.9 Å². The molecule has 1 saturated carbocycles. The molecule has 0 aromatic heterocycles. The highest BCUT2D eigenvalue weighted by molar-refractivity contribution is 6.20. The standard InChI is InChI=1S/C26H49ClN4O2/c1-18(2)23(30-25(32)22-7-6-8-24(29-22)28-17-33-5)15-31-14-13-21(26(3,4)16-31)19-9-11-20(27)12-10-19/h18-24,28-29H,6-17H2,1-5H3,(H,30,32)/t19?,20?,21?,22?,23-,24?/m0/s1. The second-order valence-corrected chi connectivity index (χ2v) is 12.4. The summed E-state index contributed by atoms with van der Waals surface area (Å²) in [5.74, 6) is 2.16. The zero-order chi connectivity index (χ0) is 24.0. The van der Waals surface area contributed by atoms with E-state index < -0.39 is 0 Å². The van der Waals surface area contributed by atoms with Gasteiger partial charge in [0.2, 0.25) is 5.91 Å². The number of likely N-dealkylation sites (tertiary alicyclic amines) is 1. The van der Waals surface area contributed by atoms with Crippen LogP contribution in [0, 0.1) is 23.2 Å². The van der Waals surface area contributed by atoms with Crippen LogP contribution in [0.5, 0.6) is 0 Å². The van der Waals surface area contributed by atoms with E-state index in [1.54, 1.807) is 7.11 Å². The molecule has 4 atom stereocenters. The molecule has 0 spiro atoms. The van der Waals surface area contributed by atoms with Crippen molar-refractivity contribution in [2.45, 2.75) is 103 Å². The fourth-order valence-electron chi connectivity index (χ4n) is 6.47. The average Bonchev–Trinajstić information content (AvgIpc) is 2.77. The largest absolute Gasteiger partial charge is 0.369 e. The number of rotatable bonds is 9. The van der Waals surface area contributed by atoms with Gasteiger partial charge in [-0.2, -0.15) is 0 Å². The van der Waals surface area contributed by atoms with E-state index in [0.29, 0.717) is 23.4 Å². The minimum absolute atomic E-state index is 0.131. The molecule has 0 aromatic carbocycles. The molecule has 1 aliphatic carbocycles. The number of nitrogens with one attached hydrogen (secondary N) is 3. The molecule has 7 heteroatoms. The minimum atomic E-state index is -0.131. The zero-order valence-corrected chi connectivity index (χ0v) is 22.4. The molecule has 192 valence electrons. The number of hydrogen-bond acceptors (Lipinski definition) is 5. The van der Waals surface area contributed by atoms with Crippen molar-refractivity contribution in [3.8, 4) is 0 Å². The predicted molar refractivity (Wildman–Crippen MR) is 136 cm³/mol. The van der Waals surface area contributed by atoms with E-state index in [1.165, 1.54) is 32.1 Å². The van der Waals surface area contributed by atoms with Gasteiger partial charge in [0, 0.05) is 31.6 Å². The summed E-state index contributed by atoms with van der Waals surface area (Å²) < 4.78 is 5.13. The normalized spacial score (nSPS) is 34.2. The Morgan fingerprint density at radius 3 is 2.52 bits per heavy atom. The molecule has 3 N–H and O–H groups in total. The summed E-state index contributed by atoms with van der Waals surface area (Å²) in [6.45, 7) is 13.1. The van der Waals surface area contributed by atoms with Gasteiger partial charge in [-0.05, 0) is 81.1 Å². The number of hydrogen-bond donors (Lipinski definition) is 3. The number of carbonyl (C=O) groups is 1. The van der Waals surface area contributed by atoms with E-state index in [0.717, 1.165) is 50.7 Å². The number of piperidine rings is 2. The van der Waals surface area contributed by atoms with Crippen LogP contribution in [0.15, 0.2) is 0 Å². The van der Waals surface area contributed by atoms with E-state index in [2.05, 4.69) is 48.5 Å². The molecular formula is C26H49ClN4O2. The molecular weight excluding hydrogens is 436 g/mol. The third-order valence-electron chi connectivity index (χ3n) is 8.43. The van der Waals surface area contributed by atoms with E-state index in [4.69, 9.17) is 16.3 Å². The van der Waals surface area contributed by atoms with E-state index >= 15 is 0 Å². The summed E-state index contributed by atoms with van der Waals surface area (Å²) in [4.78, 5) is 15.7. The average molecular weight is 485 g/mol. The van der Waals surface area contributed by atoms with Crippen LogP contribution in [0.3, 0.4) is 0 Å². The Bertz CT molecular complexity index is 609. The van der Waals surface area contributed by atoms with Crippen molar-refractivity contribution in [1.29, 1.82) is 0 Å². The van der Waals surface area contributed by atoms with E-state index in [-0.39, 0.29) is 24.2 Å². The molecule has 2 aliphatic heterocycles. The first-order chi connectivity index (χ1) is 15.7. The zero-order valence-electron chi connectivity index (χ0n) is 21.7. The fourth-order valence-corrected chi connectivity index (χ4v) is 6.72. The van der Waals surface area contributed by atoms with Gasteiger partial charge in [-0.25, -0.2) is 0 Å². The topological polar surface area (TPSA) is 65.6 Å². The molecule has 6 nitrogen and oxygen atoms in total. The minimum Gasteiger partial charge on any atom is -0.369 e. The van der Waals surface area contributed by atoms with Crippen LogP contribution in [-0.4, -0.2) is 67.9 Å². The first kappa shape index (κ1) is 27.2. The molecule has 1 amide bonds. The highest BCUT2D eigenvalue weighted by Crippen LogP contribution is 2.45. The van der Waals surface area contributed by atoms with Gasteiger partial charge in [0.05, 0.1) is 18.9 Å². The van der Waals surface area contributed by atoms with Gasteiger partial charge in [0.1, 0.15) is 0 Å². The smallest absolute Gasteiger partial charge is 0.237 e. The number of alkyl halides is 1. The van der Waals surface area contributed by atoms with Gasteiger partial charge in [0.15, 0.2) is 0 Å². The SMILES string of the molecule is COCNC1CCCC(C(=O)N[C@@H](CN2CCC(C3CCC(Cl)CC3)C(C)(C)C2)C(C)C)N1. The first-order valence-electron chi connectivity index (χ1n) is 13.3. The maximum Gasteiger partial charge on any atom is 0.237 e. The second-order valence-electron chi connectivity index (χ2n) is 11.8. The Balaban J connectivity index is 1.52. The summed E-state index contributed by atoms with van der Waals surface area (Å²) in [6.07, 6.45) is 9.32. The molecule has 0 aromatic rings. The summed E-state index contributed by atoms with van der Waals surface area (Å²) in [5.41, 5.74) is 0.304. The third kappa shape index (κ3) is 7.79. The summed E-state index contributed by atoms with van der Waals surface area (Å²) >= 11 is 6.37. The number of nitrogens with zero attached hydrogens (tertiary/aromatic N) is 1. The van der Waals surface area contributed by atoms with E-state index in [1.807, 2.05) is 0 Å². The lowest BCUT2D eigenvalue weighted by atomic mass is 9.64. The van der Waals surface area contributed by atoms with Crippen LogP contribution in [0.1, 0.15) is 79.1 Å². The highest BCUT2D eigenvalue weighted by atomic mass is 35.5. The Morgan fingerprint density at radius 1 is 1.15 bits per heavy atom. The summed E-state index contributed by atoms with van der Waals surface area (Å²) in [6, 6.07) is 0.0410. The molecule has 3 fully saturated rings. The van der Waals surface area contributed by atoms with Crippen LogP contribution in [0.25, 0.3) is 0 Å². The van der Waals surface area contributed by atoms with Gasteiger partial charge in [-0.1, -0.05) is 27.7 Å². The first-order valence-corrected chi connectivity index (χ1v) is 13.8. The van der Waals surface area contributed by atoms with Gasteiger partial charge >= 0.3 is 0 Å². The maximum atomic E-state index is 13.1. The molecule has 3 rings (SSSR count). The number of halogens is 1. The third-order valence-corrected chi connectivity index (χ3v) is 8.86. The number of amides is 1.